The van der Waals surface area contributed by atoms with Gasteiger partial charge in [0.05, 0.1) is 29.9 Å². The number of rotatable bonds is 11. The molecule has 29 heavy (non-hydrogen) atoms. The van der Waals surface area contributed by atoms with Gasteiger partial charge in [0, 0.05) is 18.7 Å². The zero-order valence-corrected chi connectivity index (χ0v) is 16.6. The number of carbonyl (C=O) groups is 3. The minimum Gasteiger partial charge on any atom is -0.455 e. The zero-order valence-electron chi connectivity index (χ0n) is 15.8. The van der Waals surface area contributed by atoms with Crippen LogP contribution in [0.1, 0.15) is 30.1 Å². The van der Waals surface area contributed by atoms with Crippen LogP contribution >= 0.6 is 0 Å². The lowest BCUT2D eigenvalue weighted by Gasteiger charge is -2.20. The molecule has 0 aromatic heterocycles. The molecular formula is C18H20N4O6S. The van der Waals surface area contributed by atoms with Crippen molar-refractivity contribution in [3.8, 4) is 12.1 Å². The van der Waals surface area contributed by atoms with Gasteiger partial charge in [-0.15, -0.1) is 0 Å². The quantitative estimate of drug-likeness (QED) is 0.397. The molecule has 0 atom stereocenters. The van der Waals surface area contributed by atoms with E-state index in [1.165, 1.54) is 36.1 Å². The van der Waals surface area contributed by atoms with Crippen molar-refractivity contribution >= 4 is 27.7 Å². The summed E-state index contributed by atoms with van der Waals surface area (Å²) < 4.78 is 31.1. The van der Waals surface area contributed by atoms with Gasteiger partial charge < -0.3 is 9.64 Å². The Hall–Kier alpha value is -3.28. The van der Waals surface area contributed by atoms with E-state index in [0.29, 0.717) is 5.56 Å². The second-order valence-electron chi connectivity index (χ2n) is 5.76. The highest BCUT2D eigenvalue weighted by molar-refractivity contribution is 7.89. The average molecular weight is 420 g/mol. The predicted octanol–water partition coefficient (Wildman–Crippen LogP) is 0.367. The molecule has 0 aliphatic heterocycles. The number of ether oxygens (including phenoxy) is 1. The Balaban J connectivity index is 2.56. The van der Waals surface area contributed by atoms with Crippen LogP contribution in [-0.4, -0.2) is 57.2 Å². The second-order valence-corrected chi connectivity index (χ2v) is 7.53. The van der Waals surface area contributed by atoms with Gasteiger partial charge in [-0.1, -0.05) is 12.1 Å². The molecule has 10 nitrogen and oxygen atoms in total. The van der Waals surface area contributed by atoms with Crippen molar-refractivity contribution in [2.75, 3.05) is 26.2 Å². The first-order chi connectivity index (χ1) is 13.7. The van der Waals surface area contributed by atoms with Crippen LogP contribution in [0.25, 0.3) is 0 Å². The number of ketones is 1. The molecule has 1 amide bonds. The molecule has 0 fully saturated rings. The maximum Gasteiger partial charge on any atom is 0.321 e. The summed E-state index contributed by atoms with van der Waals surface area (Å²) in [5, 5.41) is 17.2. The smallest absolute Gasteiger partial charge is 0.321 e. The van der Waals surface area contributed by atoms with Crippen LogP contribution in [0.5, 0.6) is 0 Å². The number of nitrogens with one attached hydrogen (secondary N) is 1. The molecule has 11 heteroatoms. The Labute approximate surface area is 168 Å². The lowest BCUT2D eigenvalue weighted by molar-refractivity contribution is -0.151. The molecule has 0 aliphatic carbocycles. The van der Waals surface area contributed by atoms with E-state index in [2.05, 4.69) is 0 Å². The van der Waals surface area contributed by atoms with Crippen LogP contribution in [0, 0.1) is 22.7 Å². The number of hydrogen-bond donors (Lipinski definition) is 1. The van der Waals surface area contributed by atoms with Gasteiger partial charge >= 0.3 is 5.97 Å². The summed E-state index contributed by atoms with van der Waals surface area (Å²) in [4.78, 5) is 36.1. The first kappa shape index (κ1) is 23.8. The SMILES string of the molecule is CC(=O)c1ccc(S(=O)(=O)NCC(=O)OCC(=O)N(CCC#N)CCC#N)cc1. The summed E-state index contributed by atoms with van der Waals surface area (Å²) in [6, 6.07) is 8.92. The third-order valence-corrected chi connectivity index (χ3v) is 5.09. The van der Waals surface area contributed by atoms with Gasteiger partial charge in [0.15, 0.2) is 12.4 Å². The molecule has 0 saturated heterocycles. The molecule has 0 heterocycles. The Bertz CT molecular complexity index is 911. The van der Waals surface area contributed by atoms with Crippen molar-refractivity contribution in [3.63, 3.8) is 0 Å². The zero-order chi connectivity index (χ0) is 21.9. The Kier molecular flexibility index (Phi) is 9.45. The van der Waals surface area contributed by atoms with E-state index in [0.717, 1.165) is 0 Å². The van der Waals surface area contributed by atoms with Crippen LogP contribution in [0.3, 0.4) is 0 Å². The topological polar surface area (TPSA) is 157 Å². The normalized spacial score (nSPS) is 10.4. The number of carbonyl (C=O) groups excluding carboxylic acids is 3. The van der Waals surface area contributed by atoms with E-state index < -0.39 is 35.1 Å². The van der Waals surface area contributed by atoms with E-state index in [9.17, 15) is 22.8 Å². The lowest BCUT2D eigenvalue weighted by atomic mass is 10.2. The molecule has 0 radical (unpaired) electrons. The van der Waals surface area contributed by atoms with Crippen LogP contribution in [0.4, 0.5) is 0 Å². The Morgan fingerprint density at radius 2 is 1.62 bits per heavy atom. The molecule has 0 saturated carbocycles. The monoisotopic (exact) mass is 420 g/mol. The number of Topliss-reactive ketones (excluding diaryl/α,β-unsaturated/α-hetero) is 1. The van der Waals surface area contributed by atoms with Gasteiger partial charge in [0.25, 0.3) is 5.91 Å². The minimum atomic E-state index is -4.01. The molecule has 0 unspecified atom stereocenters. The number of nitrogens with zero attached hydrogens (tertiary/aromatic N) is 3. The summed E-state index contributed by atoms with van der Waals surface area (Å²) in [5.41, 5.74) is 0.347. The van der Waals surface area contributed by atoms with E-state index in [4.69, 9.17) is 15.3 Å². The standard InChI is InChI=1S/C18H20N4O6S/c1-14(23)15-4-6-16(7-5-15)29(26,27)21-12-18(25)28-13-17(24)22(10-2-8-19)11-3-9-20/h4-7,21H,2-3,10-13H2,1H3. The van der Waals surface area contributed by atoms with Crippen molar-refractivity contribution in [1.29, 1.82) is 10.5 Å². The molecule has 1 aromatic carbocycles. The third-order valence-electron chi connectivity index (χ3n) is 3.67. The molecule has 154 valence electrons. The van der Waals surface area contributed by atoms with Crippen LogP contribution in [0.15, 0.2) is 29.2 Å². The second kappa shape index (κ2) is 11.5. The van der Waals surface area contributed by atoms with E-state index in [-0.39, 0.29) is 36.6 Å². The number of esters is 1. The summed E-state index contributed by atoms with van der Waals surface area (Å²) in [7, 11) is -4.01. The van der Waals surface area contributed by atoms with Gasteiger partial charge in [-0.3, -0.25) is 14.4 Å². The summed E-state index contributed by atoms with van der Waals surface area (Å²) in [6.45, 7) is 0.209. The summed E-state index contributed by atoms with van der Waals surface area (Å²) in [6.07, 6.45) is 0.126. The van der Waals surface area contributed by atoms with Gasteiger partial charge in [0.2, 0.25) is 10.0 Å². The van der Waals surface area contributed by atoms with Crippen molar-refractivity contribution in [1.82, 2.24) is 9.62 Å². The van der Waals surface area contributed by atoms with Crippen LogP contribution in [-0.2, 0) is 24.3 Å². The van der Waals surface area contributed by atoms with Crippen molar-refractivity contribution in [2.24, 2.45) is 0 Å². The highest BCUT2D eigenvalue weighted by Gasteiger charge is 2.19. The lowest BCUT2D eigenvalue weighted by Crippen LogP contribution is -2.37. The van der Waals surface area contributed by atoms with E-state index in [1.54, 1.807) is 0 Å². The largest absolute Gasteiger partial charge is 0.455 e. The van der Waals surface area contributed by atoms with Gasteiger partial charge in [-0.2, -0.15) is 15.2 Å². The van der Waals surface area contributed by atoms with Gasteiger partial charge in [-0.25, -0.2) is 8.42 Å². The van der Waals surface area contributed by atoms with Crippen molar-refractivity contribution < 1.29 is 27.5 Å². The van der Waals surface area contributed by atoms with Gasteiger partial charge in [0.1, 0.15) is 6.54 Å². The van der Waals surface area contributed by atoms with Crippen molar-refractivity contribution in [2.45, 2.75) is 24.7 Å². The van der Waals surface area contributed by atoms with Gasteiger partial charge in [-0.05, 0) is 19.1 Å². The number of nitriles is 2. The fraction of sp³-hybridized carbons (Fsp3) is 0.389. The highest BCUT2D eigenvalue weighted by Crippen LogP contribution is 2.10. The molecule has 0 bridgehead atoms. The molecule has 1 N–H and O–H groups in total. The first-order valence-corrected chi connectivity index (χ1v) is 9.97. The number of sulfonamides is 1. The average Bonchev–Trinajstić information content (AvgIpc) is 2.70. The first-order valence-electron chi connectivity index (χ1n) is 8.49. The highest BCUT2D eigenvalue weighted by atomic mass is 32.2. The molecule has 0 spiro atoms. The molecule has 1 rings (SSSR count). The maximum absolute atomic E-state index is 12.2. The fourth-order valence-corrected chi connectivity index (χ4v) is 3.09. The molecule has 0 aliphatic rings. The molecule has 1 aromatic rings. The fourth-order valence-electron chi connectivity index (χ4n) is 2.12. The number of hydrogen-bond acceptors (Lipinski definition) is 8. The minimum absolute atomic E-state index is 0.0628. The molecular weight excluding hydrogens is 400 g/mol. The Morgan fingerprint density at radius 1 is 1.07 bits per heavy atom. The van der Waals surface area contributed by atoms with Crippen LogP contribution in [0.2, 0.25) is 0 Å². The third kappa shape index (κ3) is 8.09. The predicted molar refractivity (Wildman–Crippen MR) is 99.6 cm³/mol. The maximum atomic E-state index is 12.2. The summed E-state index contributed by atoms with van der Waals surface area (Å²) in [5.74, 6) is -1.77. The van der Waals surface area contributed by atoms with E-state index >= 15 is 0 Å². The number of amides is 1. The Morgan fingerprint density at radius 3 is 2.10 bits per heavy atom. The van der Waals surface area contributed by atoms with Crippen LogP contribution < -0.4 is 4.72 Å². The number of benzene rings is 1. The van der Waals surface area contributed by atoms with E-state index in [1.807, 2.05) is 16.9 Å². The summed E-state index contributed by atoms with van der Waals surface area (Å²) >= 11 is 0. The van der Waals surface area contributed by atoms with Crippen molar-refractivity contribution in [3.05, 3.63) is 29.8 Å².